The Morgan fingerprint density at radius 1 is 0.939 bits per heavy atom. The lowest BCUT2D eigenvalue weighted by Crippen LogP contribution is -2.08. The summed E-state index contributed by atoms with van der Waals surface area (Å²) in [5, 5.41) is 17.9. The van der Waals surface area contributed by atoms with Crippen molar-refractivity contribution in [1.82, 2.24) is 9.78 Å². The molecule has 0 radical (unpaired) electrons. The second-order valence-corrected chi connectivity index (χ2v) is 7.67. The summed E-state index contributed by atoms with van der Waals surface area (Å²) in [5.41, 5.74) is 5.17. The largest absolute Gasteiger partial charge is 0.493 e. The number of carboxylic acid groups (broad SMARTS) is 1. The zero-order valence-electron chi connectivity index (χ0n) is 18.9. The lowest BCUT2D eigenvalue weighted by Gasteiger charge is -2.16. The van der Waals surface area contributed by atoms with E-state index in [-0.39, 0.29) is 5.56 Å². The Morgan fingerprint density at radius 2 is 1.64 bits per heavy atom. The van der Waals surface area contributed by atoms with E-state index in [1.165, 1.54) is 20.3 Å². The summed E-state index contributed by atoms with van der Waals surface area (Å²) in [4.78, 5) is 12.0. The molecular formula is C26H25N3O4. The van der Waals surface area contributed by atoms with Crippen molar-refractivity contribution in [2.75, 3.05) is 19.5 Å². The van der Waals surface area contributed by atoms with E-state index in [1.54, 1.807) is 10.7 Å². The third-order valence-corrected chi connectivity index (χ3v) is 5.39. The molecule has 7 nitrogen and oxygen atoms in total. The molecule has 0 aliphatic heterocycles. The summed E-state index contributed by atoms with van der Waals surface area (Å²) in [6, 6.07) is 20.9. The molecule has 1 heterocycles. The molecule has 33 heavy (non-hydrogen) atoms. The zero-order valence-corrected chi connectivity index (χ0v) is 18.9. The van der Waals surface area contributed by atoms with E-state index in [0.717, 1.165) is 28.1 Å². The van der Waals surface area contributed by atoms with Crippen molar-refractivity contribution in [3.63, 3.8) is 0 Å². The molecule has 0 amide bonds. The summed E-state index contributed by atoms with van der Waals surface area (Å²) >= 11 is 0. The summed E-state index contributed by atoms with van der Waals surface area (Å²) in [5.74, 6) is 0.302. The molecule has 0 fully saturated rings. The Bertz CT molecular complexity index is 1310. The van der Waals surface area contributed by atoms with Crippen LogP contribution in [0.25, 0.3) is 16.9 Å². The standard InChI is InChI=1S/C26H25N3O4/c1-16-10-11-17(2)22(12-16)29-25(15-20(28-29)18-8-6-5-7-9-18)27-21-14-24(33-4)23(32-3)13-19(21)26(30)31/h5-15,27H,1-4H3,(H,30,31). The van der Waals surface area contributed by atoms with Gasteiger partial charge in [-0.1, -0.05) is 42.5 Å². The fraction of sp³-hybridized carbons (Fsp3) is 0.154. The molecule has 1 aromatic heterocycles. The molecule has 0 saturated heterocycles. The van der Waals surface area contributed by atoms with Crippen molar-refractivity contribution < 1.29 is 19.4 Å². The van der Waals surface area contributed by atoms with Gasteiger partial charge in [-0.15, -0.1) is 0 Å². The van der Waals surface area contributed by atoms with Crippen molar-refractivity contribution >= 4 is 17.5 Å². The van der Waals surface area contributed by atoms with E-state index in [2.05, 4.69) is 11.4 Å². The van der Waals surface area contributed by atoms with Gasteiger partial charge in [0.15, 0.2) is 11.5 Å². The molecule has 3 aromatic carbocycles. The topological polar surface area (TPSA) is 85.6 Å². The van der Waals surface area contributed by atoms with Crippen LogP contribution in [0.3, 0.4) is 0 Å². The van der Waals surface area contributed by atoms with Crippen LogP contribution in [0, 0.1) is 13.8 Å². The zero-order chi connectivity index (χ0) is 23.5. The molecule has 0 unspecified atom stereocenters. The number of carbonyl (C=O) groups is 1. The van der Waals surface area contributed by atoms with Gasteiger partial charge >= 0.3 is 5.97 Å². The predicted octanol–water partition coefficient (Wildman–Crippen LogP) is 5.62. The Hall–Kier alpha value is -4.26. The smallest absolute Gasteiger partial charge is 0.337 e. The van der Waals surface area contributed by atoms with E-state index >= 15 is 0 Å². The van der Waals surface area contributed by atoms with Gasteiger partial charge in [0.1, 0.15) is 5.82 Å². The number of methoxy groups -OCH3 is 2. The third kappa shape index (κ3) is 4.39. The number of nitrogens with zero attached hydrogens (tertiary/aromatic N) is 2. The molecular weight excluding hydrogens is 418 g/mol. The number of ether oxygens (including phenoxy) is 2. The average molecular weight is 444 g/mol. The number of carboxylic acids is 1. The van der Waals surface area contributed by atoms with Crippen LogP contribution in [-0.4, -0.2) is 35.1 Å². The molecule has 0 atom stereocenters. The molecule has 2 N–H and O–H groups in total. The number of aromatic nitrogens is 2. The third-order valence-electron chi connectivity index (χ3n) is 5.39. The quantitative estimate of drug-likeness (QED) is 0.386. The second kappa shape index (κ2) is 9.08. The molecule has 0 spiro atoms. The van der Waals surface area contributed by atoms with E-state index in [0.29, 0.717) is 23.0 Å². The molecule has 0 saturated carbocycles. The van der Waals surface area contributed by atoms with Crippen LogP contribution in [0.4, 0.5) is 11.5 Å². The van der Waals surface area contributed by atoms with Gasteiger partial charge < -0.3 is 19.9 Å². The van der Waals surface area contributed by atoms with Crippen molar-refractivity contribution in [2.45, 2.75) is 13.8 Å². The number of rotatable bonds is 7. The normalized spacial score (nSPS) is 10.7. The summed E-state index contributed by atoms with van der Waals surface area (Å²) in [6.07, 6.45) is 0. The van der Waals surface area contributed by atoms with Crippen LogP contribution >= 0.6 is 0 Å². The Labute approximate surface area is 192 Å². The Balaban J connectivity index is 1.90. The summed E-state index contributed by atoms with van der Waals surface area (Å²) in [6.45, 7) is 4.04. The van der Waals surface area contributed by atoms with Crippen molar-refractivity contribution in [3.05, 3.63) is 83.4 Å². The highest BCUT2D eigenvalue weighted by atomic mass is 16.5. The van der Waals surface area contributed by atoms with Gasteiger partial charge in [0.25, 0.3) is 0 Å². The SMILES string of the molecule is COc1cc(Nc2cc(-c3ccccc3)nn2-c2cc(C)ccc2C)c(C(=O)O)cc1OC. The number of anilines is 2. The number of hydrogen-bond acceptors (Lipinski definition) is 5. The van der Waals surface area contributed by atoms with Gasteiger partial charge in [-0.25, -0.2) is 9.48 Å². The first-order valence-corrected chi connectivity index (χ1v) is 10.4. The number of nitrogens with one attached hydrogen (secondary N) is 1. The summed E-state index contributed by atoms with van der Waals surface area (Å²) < 4.78 is 12.5. The van der Waals surface area contributed by atoms with Gasteiger partial charge in [0.05, 0.1) is 36.9 Å². The first-order valence-electron chi connectivity index (χ1n) is 10.4. The first kappa shape index (κ1) is 22.0. The first-order chi connectivity index (χ1) is 15.9. The van der Waals surface area contributed by atoms with Gasteiger partial charge in [-0.2, -0.15) is 5.10 Å². The van der Waals surface area contributed by atoms with Crippen molar-refractivity contribution in [1.29, 1.82) is 0 Å². The summed E-state index contributed by atoms with van der Waals surface area (Å²) in [7, 11) is 2.98. The van der Waals surface area contributed by atoms with E-state index < -0.39 is 5.97 Å². The Kier molecular flexibility index (Phi) is 6.04. The maximum atomic E-state index is 12.0. The van der Waals surface area contributed by atoms with Gasteiger partial charge in [0, 0.05) is 23.8 Å². The predicted molar refractivity (Wildman–Crippen MR) is 128 cm³/mol. The number of aromatic carboxylic acids is 1. The molecule has 0 aliphatic rings. The number of benzene rings is 3. The van der Waals surface area contributed by atoms with E-state index in [9.17, 15) is 9.90 Å². The van der Waals surface area contributed by atoms with Gasteiger partial charge in [0.2, 0.25) is 0 Å². The highest BCUT2D eigenvalue weighted by Crippen LogP contribution is 2.36. The fourth-order valence-corrected chi connectivity index (χ4v) is 3.65. The fourth-order valence-electron chi connectivity index (χ4n) is 3.65. The monoisotopic (exact) mass is 443 g/mol. The Morgan fingerprint density at radius 3 is 2.30 bits per heavy atom. The maximum absolute atomic E-state index is 12.0. The molecule has 0 bridgehead atoms. The van der Waals surface area contributed by atoms with Gasteiger partial charge in [-0.05, 0) is 31.0 Å². The maximum Gasteiger partial charge on any atom is 0.337 e. The van der Waals surface area contributed by atoms with Crippen molar-refractivity contribution in [3.8, 4) is 28.4 Å². The van der Waals surface area contributed by atoms with Crippen molar-refractivity contribution in [2.24, 2.45) is 0 Å². The second-order valence-electron chi connectivity index (χ2n) is 7.67. The molecule has 7 heteroatoms. The minimum Gasteiger partial charge on any atom is -0.493 e. The van der Waals surface area contributed by atoms with Crippen LogP contribution < -0.4 is 14.8 Å². The van der Waals surface area contributed by atoms with E-state index in [1.807, 2.05) is 62.4 Å². The average Bonchev–Trinajstić information content (AvgIpc) is 3.24. The van der Waals surface area contributed by atoms with Crippen LogP contribution in [0.5, 0.6) is 11.5 Å². The highest BCUT2D eigenvalue weighted by Gasteiger charge is 2.20. The molecule has 168 valence electrons. The van der Waals surface area contributed by atoms with Crippen LogP contribution in [0.1, 0.15) is 21.5 Å². The highest BCUT2D eigenvalue weighted by molar-refractivity contribution is 5.96. The lowest BCUT2D eigenvalue weighted by atomic mass is 10.1. The molecule has 4 aromatic rings. The lowest BCUT2D eigenvalue weighted by molar-refractivity contribution is 0.0697. The van der Waals surface area contributed by atoms with Gasteiger partial charge in [-0.3, -0.25) is 0 Å². The van der Waals surface area contributed by atoms with Crippen LogP contribution in [-0.2, 0) is 0 Å². The van der Waals surface area contributed by atoms with E-state index in [4.69, 9.17) is 14.6 Å². The van der Waals surface area contributed by atoms with Crippen LogP contribution in [0.2, 0.25) is 0 Å². The number of aryl methyl sites for hydroxylation is 2. The number of hydrogen-bond donors (Lipinski definition) is 2. The minimum atomic E-state index is -1.08. The van der Waals surface area contributed by atoms with Crippen LogP contribution in [0.15, 0.2) is 66.7 Å². The molecule has 0 aliphatic carbocycles. The molecule has 4 rings (SSSR count). The minimum absolute atomic E-state index is 0.0580.